The summed E-state index contributed by atoms with van der Waals surface area (Å²) in [5, 5.41) is 0. The van der Waals surface area contributed by atoms with Crippen molar-refractivity contribution in [1.29, 1.82) is 0 Å². The van der Waals surface area contributed by atoms with Gasteiger partial charge in [0.1, 0.15) is 0 Å². The van der Waals surface area contributed by atoms with Crippen molar-refractivity contribution in [3.63, 3.8) is 0 Å². The van der Waals surface area contributed by atoms with Crippen molar-refractivity contribution in [2.24, 2.45) is 4.99 Å². The second-order valence-electron chi connectivity index (χ2n) is 6.09. The van der Waals surface area contributed by atoms with Gasteiger partial charge < -0.3 is 0 Å². The Labute approximate surface area is 103 Å². The van der Waals surface area contributed by atoms with Crippen LogP contribution in [0, 0.1) is 6.07 Å². The molecule has 17 heavy (non-hydrogen) atoms. The van der Waals surface area contributed by atoms with E-state index in [1.165, 1.54) is 11.1 Å². The molecule has 2 heteroatoms. The summed E-state index contributed by atoms with van der Waals surface area (Å²) in [4.78, 5) is 14.3. The lowest BCUT2D eigenvalue weighted by Gasteiger charge is -2.42. The zero-order valence-corrected chi connectivity index (χ0v) is 10.9. The number of isocyanates is 1. The molecule has 1 radical (unpaired) electrons. The Morgan fingerprint density at radius 2 is 1.88 bits per heavy atom. The first-order valence-corrected chi connectivity index (χ1v) is 6.02. The van der Waals surface area contributed by atoms with Crippen LogP contribution in [0.4, 0.5) is 5.69 Å². The van der Waals surface area contributed by atoms with Crippen LogP contribution >= 0.6 is 0 Å². The molecule has 0 bridgehead atoms. The largest absolute Gasteiger partial charge is 0.240 e. The molecule has 0 heterocycles. The van der Waals surface area contributed by atoms with Gasteiger partial charge in [0, 0.05) is 6.07 Å². The lowest BCUT2D eigenvalue weighted by molar-refractivity contribution is 0.332. The highest BCUT2D eigenvalue weighted by molar-refractivity contribution is 5.60. The molecule has 0 spiro atoms. The molecule has 0 amide bonds. The topological polar surface area (TPSA) is 29.4 Å². The van der Waals surface area contributed by atoms with Crippen LogP contribution in [0.1, 0.15) is 51.7 Å². The number of fused-ring (bicyclic) bond motifs is 1. The van der Waals surface area contributed by atoms with Gasteiger partial charge in [0.15, 0.2) is 0 Å². The van der Waals surface area contributed by atoms with Crippen molar-refractivity contribution in [1.82, 2.24) is 0 Å². The third kappa shape index (κ3) is 1.94. The van der Waals surface area contributed by atoms with E-state index in [2.05, 4.69) is 44.8 Å². The van der Waals surface area contributed by atoms with Crippen molar-refractivity contribution in [3.8, 4) is 0 Å². The second kappa shape index (κ2) is 3.82. The van der Waals surface area contributed by atoms with Gasteiger partial charge >= 0.3 is 0 Å². The van der Waals surface area contributed by atoms with E-state index in [1.54, 1.807) is 6.08 Å². The van der Waals surface area contributed by atoms with Gasteiger partial charge in [-0.2, -0.15) is 4.99 Å². The number of hydrogen-bond acceptors (Lipinski definition) is 2. The summed E-state index contributed by atoms with van der Waals surface area (Å²) in [7, 11) is 0. The van der Waals surface area contributed by atoms with E-state index in [-0.39, 0.29) is 10.8 Å². The normalized spacial score (nSPS) is 20.2. The average Bonchev–Trinajstić information content (AvgIpc) is 2.25. The Hall–Kier alpha value is -1.40. The second-order valence-corrected chi connectivity index (χ2v) is 6.09. The Morgan fingerprint density at radius 3 is 2.53 bits per heavy atom. The lowest BCUT2D eigenvalue weighted by Crippen LogP contribution is -2.33. The molecule has 0 saturated heterocycles. The van der Waals surface area contributed by atoms with E-state index in [0.29, 0.717) is 5.69 Å². The van der Waals surface area contributed by atoms with Crippen LogP contribution in [-0.4, -0.2) is 6.08 Å². The van der Waals surface area contributed by atoms with Crippen LogP contribution in [0.2, 0.25) is 0 Å². The molecular formula is C15H18NO. The quantitative estimate of drug-likeness (QED) is 0.531. The maximum Gasteiger partial charge on any atom is 0.240 e. The van der Waals surface area contributed by atoms with Gasteiger partial charge in [-0.25, -0.2) is 4.79 Å². The van der Waals surface area contributed by atoms with Crippen LogP contribution in [0.3, 0.4) is 0 Å². The summed E-state index contributed by atoms with van der Waals surface area (Å²) >= 11 is 0. The molecule has 0 aromatic heterocycles. The highest BCUT2D eigenvalue weighted by atomic mass is 16.1. The fourth-order valence-electron chi connectivity index (χ4n) is 2.75. The Bertz CT molecular complexity index is 494. The first-order valence-electron chi connectivity index (χ1n) is 6.02. The molecule has 0 fully saturated rings. The summed E-state index contributed by atoms with van der Waals surface area (Å²) in [5.74, 6) is 0. The third-order valence-corrected chi connectivity index (χ3v) is 3.91. The van der Waals surface area contributed by atoms with E-state index in [0.717, 1.165) is 12.8 Å². The molecule has 1 aromatic rings. The molecule has 2 rings (SSSR count). The van der Waals surface area contributed by atoms with Crippen LogP contribution < -0.4 is 0 Å². The molecule has 0 saturated carbocycles. The van der Waals surface area contributed by atoms with Gasteiger partial charge in [0.05, 0.1) is 5.69 Å². The first kappa shape index (κ1) is 12.1. The van der Waals surface area contributed by atoms with E-state index in [1.807, 2.05) is 6.07 Å². The van der Waals surface area contributed by atoms with E-state index in [9.17, 15) is 4.79 Å². The minimum absolute atomic E-state index is 0.0539. The van der Waals surface area contributed by atoms with Gasteiger partial charge in [-0.3, -0.25) is 0 Å². The molecule has 0 atom stereocenters. The first-order chi connectivity index (χ1) is 7.88. The maximum atomic E-state index is 10.5. The maximum absolute atomic E-state index is 10.5. The van der Waals surface area contributed by atoms with Crippen molar-refractivity contribution in [2.45, 2.75) is 51.4 Å². The zero-order valence-electron chi connectivity index (χ0n) is 10.9. The molecule has 2 nitrogen and oxygen atoms in total. The summed E-state index contributed by atoms with van der Waals surface area (Å²) < 4.78 is 0. The number of rotatable bonds is 1. The Kier molecular flexibility index (Phi) is 2.71. The van der Waals surface area contributed by atoms with Gasteiger partial charge in [-0.1, -0.05) is 39.8 Å². The van der Waals surface area contributed by atoms with Gasteiger partial charge in [-0.15, -0.1) is 0 Å². The fraction of sp³-hybridized carbons (Fsp3) is 0.533. The molecule has 0 aliphatic heterocycles. The summed E-state index contributed by atoms with van der Waals surface area (Å²) in [6.07, 6.45) is 3.90. The number of carbonyl (C=O) groups excluding carboxylic acids is 1. The van der Waals surface area contributed by atoms with Gasteiger partial charge in [0.2, 0.25) is 6.08 Å². The van der Waals surface area contributed by atoms with Crippen LogP contribution in [0.25, 0.3) is 0 Å². The van der Waals surface area contributed by atoms with Gasteiger partial charge in [-0.05, 0) is 34.8 Å². The standard InChI is InChI=1S/C15H18NO/c1-14(2)8-9-15(3,4)13-11(14)6-5-7-12(13)16-10-17/h5-6H,8-9H2,1-4H3. The fourth-order valence-corrected chi connectivity index (χ4v) is 2.75. The molecule has 89 valence electrons. The Morgan fingerprint density at radius 1 is 1.24 bits per heavy atom. The van der Waals surface area contributed by atoms with E-state index < -0.39 is 0 Å². The molecule has 0 unspecified atom stereocenters. The summed E-state index contributed by atoms with van der Waals surface area (Å²) in [6.45, 7) is 8.91. The SMILES string of the molecule is CC1(C)CCC(C)(C)c2c(N=C=O)[c]ccc21. The molecule has 1 aliphatic rings. The minimum atomic E-state index is 0.0539. The number of aliphatic imine (C=N–C) groups is 1. The lowest BCUT2D eigenvalue weighted by atomic mass is 9.63. The highest BCUT2D eigenvalue weighted by Crippen LogP contribution is 2.48. The third-order valence-electron chi connectivity index (χ3n) is 3.91. The van der Waals surface area contributed by atoms with Crippen molar-refractivity contribution in [3.05, 3.63) is 29.3 Å². The van der Waals surface area contributed by atoms with Crippen molar-refractivity contribution >= 4 is 11.8 Å². The van der Waals surface area contributed by atoms with Crippen molar-refractivity contribution in [2.75, 3.05) is 0 Å². The minimum Gasteiger partial charge on any atom is -0.211 e. The van der Waals surface area contributed by atoms with Crippen LogP contribution in [0.15, 0.2) is 17.1 Å². The van der Waals surface area contributed by atoms with Crippen LogP contribution in [-0.2, 0) is 15.6 Å². The summed E-state index contributed by atoms with van der Waals surface area (Å²) in [5.41, 5.74) is 3.32. The Balaban J connectivity index is 2.75. The van der Waals surface area contributed by atoms with Crippen molar-refractivity contribution < 1.29 is 4.79 Å². The molecular weight excluding hydrogens is 210 g/mol. The predicted molar refractivity (Wildman–Crippen MR) is 68.3 cm³/mol. The molecule has 1 aromatic carbocycles. The number of nitrogens with zero attached hydrogens (tertiary/aromatic N) is 1. The van der Waals surface area contributed by atoms with E-state index >= 15 is 0 Å². The van der Waals surface area contributed by atoms with E-state index in [4.69, 9.17) is 0 Å². The highest BCUT2D eigenvalue weighted by Gasteiger charge is 2.38. The summed E-state index contributed by atoms with van der Waals surface area (Å²) in [6, 6.07) is 7.03. The molecule has 1 aliphatic carbocycles. The smallest absolute Gasteiger partial charge is 0.211 e. The van der Waals surface area contributed by atoms with Gasteiger partial charge in [0.25, 0.3) is 0 Å². The number of benzene rings is 1. The number of hydrogen-bond donors (Lipinski definition) is 0. The van der Waals surface area contributed by atoms with Crippen LogP contribution in [0.5, 0.6) is 0 Å². The molecule has 0 N–H and O–H groups in total. The average molecular weight is 228 g/mol. The zero-order chi connectivity index (χ0) is 12.7. The monoisotopic (exact) mass is 228 g/mol. The predicted octanol–water partition coefficient (Wildman–Crippen LogP) is 3.80.